The predicted octanol–water partition coefficient (Wildman–Crippen LogP) is 16.5. The number of para-hydroxylation sites is 2. The lowest BCUT2D eigenvalue weighted by Gasteiger charge is -2.45. The second kappa shape index (κ2) is 18.5. The van der Waals surface area contributed by atoms with Gasteiger partial charge in [0.05, 0.1) is 5.54 Å². The van der Waals surface area contributed by atoms with E-state index in [4.69, 9.17) is 0 Å². The molecule has 0 radical (unpaired) electrons. The number of allylic oxidation sites excluding steroid dienone is 8. The monoisotopic (exact) mass is 866 g/mol. The largest absolute Gasteiger partial charge is 0.358 e. The van der Waals surface area contributed by atoms with Crippen LogP contribution in [0.5, 0.6) is 0 Å². The molecule has 2 bridgehead atoms. The molecule has 328 valence electrons. The highest BCUT2D eigenvalue weighted by molar-refractivity contribution is 5.89. The fourth-order valence-corrected chi connectivity index (χ4v) is 10.9. The third-order valence-corrected chi connectivity index (χ3v) is 14.7. The van der Waals surface area contributed by atoms with Crippen LogP contribution in [0.15, 0.2) is 236 Å². The summed E-state index contributed by atoms with van der Waals surface area (Å²) in [5.74, 6) is 0.881. The zero-order valence-electron chi connectivity index (χ0n) is 38.7. The first-order valence-electron chi connectivity index (χ1n) is 24.3. The van der Waals surface area contributed by atoms with Crippen molar-refractivity contribution in [1.82, 2.24) is 0 Å². The molecule has 3 aliphatic carbocycles. The van der Waals surface area contributed by atoms with Gasteiger partial charge < -0.3 is 10.2 Å². The van der Waals surface area contributed by atoms with Crippen LogP contribution in [0.25, 0.3) is 39.0 Å². The predicted molar refractivity (Wildman–Crippen MR) is 285 cm³/mol. The molecule has 3 unspecified atom stereocenters. The minimum Gasteiger partial charge on any atom is -0.358 e. The molecule has 7 aromatic carbocycles. The quantitative estimate of drug-likeness (QED) is 0.116. The van der Waals surface area contributed by atoms with Gasteiger partial charge in [0.2, 0.25) is 0 Å². The number of hydrogen-bond acceptors (Lipinski definition) is 2. The highest BCUT2D eigenvalue weighted by Crippen LogP contribution is 2.59. The van der Waals surface area contributed by atoms with E-state index in [-0.39, 0.29) is 5.54 Å². The summed E-state index contributed by atoms with van der Waals surface area (Å²) in [7, 11) is 0. The van der Waals surface area contributed by atoms with Crippen LogP contribution in [0, 0.1) is 11.8 Å². The van der Waals surface area contributed by atoms with Gasteiger partial charge in [-0.15, -0.1) is 0 Å². The molecule has 0 saturated heterocycles. The molecule has 11 rings (SSSR count). The molecule has 67 heavy (non-hydrogen) atoms. The highest BCUT2D eigenvalue weighted by atomic mass is 15.3. The Labute approximate surface area is 397 Å². The van der Waals surface area contributed by atoms with Crippen LogP contribution in [0.1, 0.15) is 60.9 Å². The van der Waals surface area contributed by atoms with E-state index in [1.54, 1.807) is 0 Å². The molecule has 1 N–H and O–H groups in total. The second-order valence-electron chi connectivity index (χ2n) is 19.0. The van der Waals surface area contributed by atoms with Crippen LogP contribution in [0.2, 0.25) is 0 Å². The smallest absolute Gasteiger partial charge is 0.0661 e. The third kappa shape index (κ3) is 8.73. The van der Waals surface area contributed by atoms with Crippen LogP contribution in [0.3, 0.4) is 0 Å². The first-order valence-corrected chi connectivity index (χ1v) is 24.3. The van der Waals surface area contributed by atoms with Gasteiger partial charge in [0.15, 0.2) is 0 Å². The van der Waals surface area contributed by atoms with Gasteiger partial charge in [-0.3, -0.25) is 0 Å². The fraction of sp³-hybridized carbons (Fsp3) is 0.169. The molecular weight excluding hydrogens is 809 g/mol. The van der Waals surface area contributed by atoms with E-state index in [0.717, 1.165) is 43.5 Å². The van der Waals surface area contributed by atoms with Crippen molar-refractivity contribution in [2.24, 2.45) is 11.8 Å². The Hall–Kier alpha value is -7.42. The average Bonchev–Trinajstić information content (AvgIpc) is 4.16. The number of nitrogens with one attached hydrogen (secondary N) is 1. The summed E-state index contributed by atoms with van der Waals surface area (Å²) < 4.78 is 0. The van der Waals surface area contributed by atoms with Gasteiger partial charge in [-0.2, -0.15) is 0 Å². The molecule has 0 amide bonds. The van der Waals surface area contributed by atoms with Crippen molar-refractivity contribution < 1.29 is 0 Å². The Morgan fingerprint density at radius 3 is 2.19 bits per heavy atom. The summed E-state index contributed by atoms with van der Waals surface area (Å²) in [6, 6.07) is 66.8. The first-order chi connectivity index (χ1) is 33.0. The van der Waals surface area contributed by atoms with Crippen molar-refractivity contribution in [3.63, 3.8) is 0 Å². The van der Waals surface area contributed by atoms with Crippen molar-refractivity contribution in [2.45, 2.75) is 57.5 Å². The normalized spacial score (nSPS) is 19.9. The Bertz CT molecular complexity index is 3090. The molecule has 1 aliphatic heterocycles. The van der Waals surface area contributed by atoms with E-state index in [9.17, 15) is 0 Å². The Morgan fingerprint density at radius 2 is 1.40 bits per heavy atom. The van der Waals surface area contributed by atoms with Gasteiger partial charge in [-0.1, -0.05) is 207 Å². The number of nitrogens with zero attached hydrogens (tertiary/aromatic N) is 1. The van der Waals surface area contributed by atoms with E-state index in [1.807, 2.05) is 0 Å². The Balaban J connectivity index is 0.855. The standard InChI is InChI=1S/C65H58N2/c1-46(40-49-20-8-4-9-21-49)47(2)60(30-16-22-48-18-6-3-7-19-48)51-34-32-50(33-35-51)54-38-39-65(45-57(65)42-54)67-59-28-13-12-23-56(43-59)62-44-53(36-37-64(62)67)52-24-17-25-55(41-52)61-29-14-15-31-63(61)66-58-26-10-5-11-27-58/h3-21,23-27,29-39,41-42,44,46,57,59,66H,22,28,40,43,45H2,1-2H3/b30-16+,60-47+/t46-,57?,59?,65?/m1/s1. The summed E-state index contributed by atoms with van der Waals surface area (Å²) in [5, 5.41) is 3.65. The lowest BCUT2D eigenvalue weighted by atomic mass is 9.85. The van der Waals surface area contributed by atoms with E-state index < -0.39 is 0 Å². The van der Waals surface area contributed by atoms with E-state index in [1.165, 1.54) is 78.1 Å². The topological polar surface area (TPSA) is 15.3 Å². The van der Waals surface area contributed by atoms with Crippen molar-refractivity contribution in [3.05, 3.63) is 264 Å². The Kier molecular flexibility index (Phi) is 11.6. The van der Waals surface area contributed by atoms with Gasteiger partial charge in [0.1, 0.15) is 0 Å². The van der Waals surface area contributed by atoms with Gasteiger partial charge in [-0.25, -0.2) is 0 Å². The summed E-state index contributed by atoms with van der Waals surface area (Å²) in [6.07, 6.45) is 24.5. The van der Waals surface area contributed by atoms with Crippen molar-refractivity contribution >= 4 is 33.8 Å². The number of rotatable bonds is 13. The lowest BCUT2D eigenvalue weighted by molar-refractivity contribution is 0.529. The maximum atomic E-state index is 3.65. The van der Waals surface area contributed by atoms with E-state index >= 15 is 0 Å². The number of fused-ring (bicyclic) bond motifs is 5. The fourth-order valence-electron chi connectivity index (χ4n) is 10.9. The number of anilines is 3. The summed E-state index contributed by atoms with van der Waals surface area (Å²) >= 11 is 0. The maximum Gasteiger partial charge on any atom is 0.0661 e. The SMILES string of the molecule is C/C(=C(/C=C/Cc1ccccc1)c1ccc(C2=CC3CC3(N3c4ccc(-c5cccc(-c6ccccc6Nc6ccccc6)c5)cc4C4=CC=CCC3C4)C=C2)cc1)[C@H](C)Cc1ccccc1. The third-order valence-electron chi connectivity index (χ3n) is 14.7. The number of hydrogen-bond donors (Lipinski definition) is 1. The molecule has 1 fully saturated rings. The van der Waals surface area contributed by atoms with Crippen LogP contribution in [0.4, 0.5) is 17.1 Å². The second-order valence-corrected chi connectivity index (χ2v) is 19.0. The molecule has 0 aromatic heterocycles. The first kappa shape index (κ1) is 42.2. The van der Waals surface area contributed by atoms with Crippen LogP contribution in [-0.4, -0.2) is 11.6 Å². The van der Waals surface area contributed by atoms with E-state index in [2.05, 4.69) is 255 Å². The summed E-state index contributed by atoms with van der Waals surface area (Å²) in [4.78, 5) is 2.82. The zero-order chi connectivity index (χ0) is 45.2. The maximum absolute atomic E-state index is 3.65. The van der Waals surface area contributed by atoms with Gasteiger partial charge >= 0.3 is 0 Å². The summed E-state index contributed by atoms with van der Waals surface area (Å²) in [5.41, 5.74) is 20.6. The summed E-state index contributed by atoms with van der Waals surface area (Å²) in [6.45, 7) is 4.70. The van der Waals surface area contributed by atoms with Crippen LogP contribution in [-0.2, 0) is 12.8 Å². The molecule has 4 aliphatic rings. The number of benzene rings is 7. The van der Waals surface area contributed by atoms with E-state index in [0.29, 0.717) is 17.9 Å². The van der Waals surface area contributed by atoms with Gasteiger partial charge in [-0.05, 0) is 137 Å². The van der Waals surface area contributed by atoms with Gasteiger partial charge in [0.25, 0.3) is 0 Å². The minimum absolute atomic E-state index is 0.00504. The van der Waals surface area contributed by atoms with Crippen molar-refractivity contribution in [2.75, 3.05) is 10.2 Å². The van der Waals surface area contributed by atoms with Crippen LogP contribution < -0.4 is 10.2 Å². The van der Waals surface area contributed by atoms with Crippen LogP contribution >= 0.6 is 0 Å². The molecular formula is C65H58N2. The molecule has 2 heteroatoms. The molecule has 2 nitrogen and oxygen atoms in total. The molecule has 0 spiro atoms. The molecule has 1 heterocycles. The minimum atomic E-state index is -0.00504. The lowest BCUT2D eigenvalue weighted by Crippen LogP contribution is -2.48. The van der Waals surface area contributed by atoms with Gasteiger partial charge in [0, 0.05) is 40.1 Å². The van der Waals surface area contributed by atoms with Crippen molar-refractivity contribution in [1.29, 1.82) is 0 Å². The van der Waals surface area contributed by atoms with Crippen molar-refractivity contribution in [3.8, 4) is 22.3 Å². The zero-order valence-corrected chi connectivity index (χ0v) is 38.7. The molecule has 4 atom stereocenters. The Morgan fingerprint density at radius 1 is 0.701 bits per heavy atom. The molecule has 7 aromatic rings. The average molecular weight is 867 g/mol. The molecule has 1 saturated carbocycles. The highest BCUT2D eigenvalue weighted by Gasteiger charge is 2.59.